The Labute approximate surface area is 159 Å². The molecule has 0 amide bonds. The molecule has 0 fully saturated rings. The molecule has 0 spiro atoms. The van der Waals surface area contributed by atoms with E-state index in [0.717, 1.165) is 13.2 Å². The molecule has 0 atom stereocenters. The third-order valence-corrected chi connectivity index (χ3v) is 3.73. The van der Waals surface area contributed by atoms with Gasteiger partial charge in [-0.1, -0.05) is 11.6 Å². The highest BCUT2D eigenvalue weighted by atomic mass is 35.5. The van der Waals surface area contributed by atoms with Gasteiger partial charge >= 0.3 is 0 Å². The number of nitrogens with one attached hydrogen (secondary N) is 3. The maximum absolute atomic E-state index is 11.5. The first-order chi connectivity index (χ1) is 12.5. The Morgan fingerprint density at radius 1 is 1.37 bits per heavy atom. The van der Waals surface area contributed by atoms with Crippen LogP contribution < -0.4 is 15.8 Å². The number of aromatic nitrogens is 4. The second kappa shape index (κ2) is 8.05. The van der Waals surface area contributed by atoms with Gasteiger partial charge in [-0.3, -0.25) is 14.6 Å². The van der Waals surface area contributed by atoms with Crippen molar-refractivity contribution in [3.05, 3.63) is 29.5 Å². The summed E-state index contributed by atoms with van der Waals surface area (Å²) in [5.41, 5.74) is 6.79. The first-order valence-corrected chi connectivity index (χ1v) is 9.52. The number of carbonyl (C=O) groups is 1. The Bertz CT molecular complexity index is 1080. The minimum Gasteiger partial charge on any atom is -0.481 e. The van der Waals surface area contributed by atoms with E-state index >= 15 is 0 Å². The molecule has 13 heteroatoms. The van der Waals surface area contributed by atoms with Crippen molar-refractivity contribution >= 4 is 61.6 Å². The summed E-state index contributed by atoms with van der Waals surface area (Å²) in [7, 11) is -3.48. The molecule has 0 aliphatic heterocycles. The topological polar surface area (TPSA) is 176 Å². The van der Waals surface area contributed by atoms with Gasteiger partial charge in [-0.05, 0) is 18.2 Å². The van der Waals surface area contributed by atoms with E-state index in [1.54, 1.807) is 18.2 Å². The molecule has 0 saturated carbocycles. The zero-order valence-corrected chi connectivity index (χ0v) is 15.8. The summed E-state index contributed by atoms with van der Waals surface area (Å²) in [4.78, 5) is 16.8. The zero-order chi connectivity index (χ0) is 20.2. The number of hydrogen-bond acceptors (Lipinski definition) is 8. The predicted molar refractivity (Wildman–Crippen MR) is 103 cm³/mol. The highest BCUT2D eigenvalue weighted by molar-refractivity contribution is 7.92. The van der Waals surface area contributed by atoms with Crippen molar-refractivity contribution in [1.29, 1.82) is 0 Å². The van der Waals surface area contributed by atoms with Crippen molar-refractivity contribution in [3.63, 3.8) is 0 Å². The van der Waals surface area contributed by atoms with Crippen LogP contribution in [0.4, 0.5) is 23.1 Å². The van der Waals surface area contributed by atoms with Crippen molar-refractivity contribution in [1.82, 2.24) is 20.2 Å². The van der Waals surface area contributed by atoms with Crippen LogP contribution >= 0.6 is 11.6 Å². The van der Waals surface area contributed by atoms with Gasteiger partial charge in [0, 0.05) is 24.2 Å². The lowest BCUT2D eigenvalue weighted by atomic mass is 10.2. The van der Waals surface area contributed by atoms with Gasteiger partial charge in [-0.2, -0.15) is 10.1 Å². The van der Waals surface area contributed by atoms with Crippen LogP contribution in [0.25, 0.3) is 10.9 Å². The summed E-state index contributed by atoms with van der Waals surface area (Å²) < 4.78 is 25.5. The van der Waals surface area contributed by atoms with Crippen LogP contribution in [0.15, 0.2) is 24.4 Å². The Balaban J connectivity index is 0.000000596. The Morgan fingerprint density at radius 2 is 2.04 bits per heavy atom. The Kier molecular flexibility index (Phi) is 6.02. The van der Waals surface area contributed by atoms with Crippen LogP contribution in [-0.4, -0.2) is 45.9 Å². The fraction of sp³-hybridized carbons (Fsp3) is 0.143. The van der Waals surface area contributed by atoms with E-state index in [9.17, 15) is 8.42 Å². The molecule has 0 aliphatic rings. The molecular formula is C14H16ClN7O4S. The number of nitrogens with two attached hydrogens (primary N) is 1. The Morgan fingerprint density at radius 3 is 2.63 bits per heavy atom. The summed E-state index contributed by atoms with van der Waals surface area (Å²) >= 11 is 6.05. The number of anilines is 4. The van der Waals surface area contributed by atoms with E-state index < -0.39 is 16.0 Å². The number of nitrogens with zero attached hydrogens (tertiary/aromatic N) is 3. The molecule has 3 aromatic rings. The number of rotatable bonds is 4. The van der Waals surface area contributed by atoms with Crippen LogP contribution in [0.3, 0.4) is 0 Å². The quantitative estimate of drug-likeness (QED) is 0.426. The van der Waals surface area contributed by atoms with Crippen molar-refractivity contribution < 1.29 is 18.3 Å². The van der Waals surface area contributed by atoms with E-state index in [2.05, 4.69) is 30.2 Å². The van der Waals surface area contributed by atoms with Gasteiger partial charge in [0.2, 0.25) is 16.0 Å². The number of aliphatic carboxylic acids is 1. The number of carboxylic acid groups (broad SMARTS) is 1. The molecule has 6 N–H and O–H groups in total. The first kappa shape index (κ1) is 20.2. The van der Waals surface area contributed by atoms with E-state index in [1.807, 2.05) is 0 Å². The number of sulfonamides is 1. The zero-order valence-electron chi connectivity index (χ0n) is 14.2. The first-order valence-electron chi connectivity index (χ1n) is 7.25. The van der Waals surface area contributed by atoms with Crippen LogP contribution in [0.1, 0.15) is 6.92 Å². The summed E-state index contributed by atoms with van der Waals surface area (Å²) in [6.45, 7) is 1.08. The standard InChI is InChI=1S/C12H12ClN7O2S.C2H4O2/c1-23(21,22)20-8-5-6(4-7-10(8)18-19-11(7)13)16-9-2-3-15-12(14)17-9;1-2(3)4/h2-5,20H,1H3,(H,18,19)(H3,14,15,16,17);1H3,(H,3,4). The average Bonchev–Trinajstić information content (AvgIpc) is 2.87. The second-order valence-corrected chi connectivity index (χ2v) is 7.40. The summed E-state index contributed by atoms with van der Waals surface area (Å²) in [5, 5.41) is 17.9. The van der Waals surface area contributed by atoms with Gasteiger partial charge in [0.15, 0.2) is 0 Å². The highest BCUT2D eigenvalue weighted by Gasteiger charge is 2.14. The molecule has 0 unspecified atom stereocenters. The molecule has 1 aromatic carbocycles. The van der Waals surface area contributed by atoms with Crippen molar-refractivity contribution in [2.24, 2.45) is 0 Å². The summed E-state index contributed by atoms with van der Waals surface area (Å²) in [5.74, 6) is -0.256. The van der Waals surface area contributed by atoms with Crippen molar-refractivity contribution in [2.75, 3.05) is 22.0 Å². The van der Waals surface area contributed by atoms with E-state index in [-0.39, 0.29) is 11.6 Å². The molecule has 144 valence electrons. The normalized spacial score (nSPS) is 10.8. The van der Waals surface area contributed by atoms with E-state index in [4.69, 9.17) is 27.2 Å². The van der Waals surface area contributed by atoms with E-state index in [0.29, 0.717) is 27.6 Å². The fourth-order valence-electron chi connectivity index (χ4n) is 2.03. The average molecular weight is 414 g/mol. The lowest BCUT2D eigenvalue weighted by Gasteiger charge is -2.10. The van der Waals surface area contributed by atoms with E-state index in [1.165, 1.54) is 6.20 Å². The lowest BCUT2D eigenvalue weighted by Crippen LogP contribution is -2.10. The molecule has 11 nitrogen and oxygen atoms in total. The number of fused-ring (bicyclic) bond motifs is 1. The molecule has 27 heavy (non-hydrogen) atoms. The minimum absolute atomic E-state index is 0.118. The molecule has 0 saturated heterocycles. The predicted octanol–water partition coefficient (Wildman–Crippen LogP) is 1.79. The minimum atomic E-state index is -3.48. The lowest BCUT2D eigenvalue weighted by molar-refractivity contribution is -0.134. The summed E-state index contributed by atoms with van der Waals surface area (Å²) in [6, 6.07) is 4.92. The monoisotopic (exact) mass is 413 g/mol. The largest absolute Gasteiger partial charge is 0.481 e. The van der Waals surface area contributed by atoms with Crippen molar-refractivity contribution in [3.8, 4) is 0 Å². The molecule has 0 aliphatic carbocycles. The summed E-state index contributed by atoms with van der Waals surface area (Å²) in [6.07, 6.45) is 2.56. The molecule has 3 rings (SSSR count). The number of hydrogen-bond donors (Lipinski definition) is 5. The van der Waals surface area contributed by atoms with Gasteiger partial charge < -0.3 is 16.2 Å². The van der Waals surface area contributed by atoms with Crippen LogP contribution in [0.2, 0.25) is 5.15 Å². The van der Waals surface area contributed by atoms with Gasteiger partial charge in [-0.15, -0.1) is 0 Å². The molecule has 2 heterocycles. The van der Waals surface area contributed by atoms with Crippen molar-refractivity contribution in [2.45, 2.75) is 6.92 Å². The van der Waals surface area contributed by atoms with Gasteiger partial charge in [0.1, 0.15) is 16.5 Å². The molecule has 2 aromatic heterocycles. The molecule has 0 bridgehead atoms. The SMILES string of the molecule is CC(=O)O.CS(=O)(=O)Nc1cc(Nc2ccnc(N)n2)cc2c(Cl)[nH]nc12. The smallest absolute Gasteiger partial charge is 0.300 e. The van der Waals surface area contributed by atoms with Crippen LogP contribution in [0.5, 0.6) is 0 Å². The third-order valence-electron chi connectivity index (χ3n) is 2.85. The number of carboxylic acids is 1. The van der Waals surface area contributed by atoms with Crippen LogP contribution in [0, 0.1) is 0 Å². The fourth-order valence-corrected chi connectivity index (χ4v) is 2.77. The highest BCUT2D eigenvalue weighted by Crippen LogP contribution is 2.32. The number of halogens is 1. The molecule has 0 radical (unpaired) electrons. The molecular weight excluding hydrogens is 398 g/mol. The van der Waals surface area contributed by atoms with Gasteiger partial charge in [-0.25, -0.2) is 13.4 Å². The number of H-pyrrole nitrogens is 1. The number of nitrogen functional groups attached to an aromatic ring is 1. The number of aromatic amines is 1. The van der Waals surface area contributed by atoms with Crippen LogP contribution in [-0.2, 0) is 14.8 Å². The third kappa shape index (κ3) is 5.97. The van der Waals surface area contributed by atoms with Gasteiger partial charge in [0.25, 0.3) is 5.97 Å². The maximum atomic E-state index is 11.5. The maximum Gasteiger partial charge on any atom is 0.300 e. The second-order valence-electron chi connectivity index (χ2n) is 5.28. The number of benzene rings is 1. The van der Waals surface area contributed by atoms with Gasteiger partial charge in [0.05, 0.1) is 11.9 Å². The Hall–Kier alpha value is -3.12.